The molecule has 0 aliphatic carbocycles. The van der Waals surface area contributed by atoms with E-state index >= 15 is 0 Å². The Labute approximate surface area is 154 Å². The van der Waals surface area contributed by atoms with Crippen LogP contribution in [0.1, 0.15) is 11.7 Å². The molecule has 27 heavy (non-hydrogen) atoms. The molecule has 0 aliphatic heterocycles. The average molecular weight is 367 g/mol. The molecule has 0 spiro atoms. The molecule has 1 atom stereocenters. The largest absolute Gasteiger partial charge is 0.497 e. The fourth-order valence-electron chi connectivity index (χ4n) is 2.36. The van der Waals surface area contributed by atoms with Crippen LogP contribution in [0.4, 0.5) is 5.69 Å². The first-order valence-corrected chi connectivity index (χ1v) is 8.06. The zero-order chi connectivity index (χ0) is 19.1. The number of nitrogens with zero attached hydrogens (tertiary/aromatic N) is 4. The molecule has 0 fully saturated rings. The van der Waals surface area contributed by atoms with Crippen LogP contribution in [0.5, 0.6) is 5.75 Å². The molecule has 1 aromatic heterocycles. The molecule has 0 saturated heterocycles. The molecule has 2 aromatic carbocycles. The van der Waals surface area contributed by atoms with Gasteiger partial charge in [-0.25, -0.2) is 4.68 Å². The first-order valence-electron chi connectivity index (χ1n) is 8.06. The molecule has 0 saturated carbocycles. The zero-order valence-corrected chi connectivity index (χ0v) is 14.5. The summed E-state index contributed by atoms with van der Waals surface area (Å²) in [6.45, 7) is -0.206. The molecule has 0 radical (unpaired) electrons. The fraction of sp³-hybridized carbons (Fsp3) is 0.167. The molecule has 9 heteroatoms. The summed E-state index contributed by atoms with van der Waals surface area (Å²) in [6.07, 6.45) is 0.163. The maximum Gasteiger partial charge on any atom is 0.329 e. The van der Waals surface area contributed by atoms with Crippen LogP contribution >= 0.6 is 0 Å². The normalized spacial score (nSPS) is 11.4. The van der Waals surface area contributed by atoms with Gasteiger partial charge in [0.2, 0.25) is 6.10 Å². The van der Waals surface area contributed by atoms with E-state index in [0.29, 0.717) is 17.0 Å². The van der Waals surface area contributed by atoms with Crippen molar-refractivity contribution in [2.75, 3.05) is 12.4 Å². The van der Waals surface area contributed by atoms with Gasteiger partial charge in [-0.3, -0.25) is 9.59 Å². The van der Waals surface area contributed by atoms with Crippen LogP contribution in [0.2, 0.25) is 0 Å². The van der Waals surface area contributed by atoms with Crippen molar-refractivity contribution in [3.63, 3.8) is 0 Å². The minimum absolute atomic E-state index is 0.206. The van der Waals surface area contributed by atoms with Crippen molar-refractivity contribution in [2.45, 2.75) is 12.6 Å². The van der Waals surface area contributed by atoms with E-state index in [9.17, 15) is 9.59 Å². The summed E-state index contributed by atoms with van der Waals surface area (Å²) in [7, 11) is 1.54. The highest BCUT2D eigenvalue weighted by Gasteiger charge is 2.25. The number of nitrogens with one attached hydrogen (secondary N) is 1. The Hall–Kier alpha value is -3.75. The molecule has 0 aliphatic rings. The second-order valence-electron chi connectivity index (χ2n) is 5.51. The van der Waals surface area contributed by atoms with Gasteiger partial charge in [0.15, 0.2) is 0 Å². The number of aromatic nitrogens is 4. The SMILES string of the molecule is COc1cccc(NC(=O)[C@@H](OC(=O)Cn2cnnn2)c2ccccc2)c1. The molecule has 1 amide bonds. The van der Waals surface area contributed by atoms with E-state index in [1.165, 1.54) is 18.1 Å². The Balaban J connectivity index is 1.76. The second-order valence-corrected chi connectivity index (χ2v) is 5.51. The third-order valence-corrected chi connectivity index (χ3v) is 3.61. The van der Waals surface area contributed by atoms with Gasteiger partial charge in [-0.1, -0.05) is 36.4 Å². The number of rotatable bonds is 7. The standard InChI is InChI=1S/C18H17N5O4/c1-26-15-9-5-8-14(10-15)20-18(25)17(13-6-3-2-4-7-13)27-16(24)11-23-12-19-21-22-23/h2-10,12,17H,11H2,1H3,(H,20,25)/t17-/m0/s1. The fourth-order valence-corrected chi connectivity index (χ4v) is 2.36. The predicted octanol–water partition coefficient (Wildman–Crippen LogP) is 1.60. The van der Waals surface area contributed by atoms with Crippen molar-refractivity contribution in [1.82, 2.24) is 20.2 Å². The van der Waals surface area contributed by atoms with E-state index in [1.807, 2.05) is 6.07 Å². The van der Waals surface area contributed by atoms with Crippen LogP contribution in [0.25, 0.3) is 0 Å². The van der Waals surface area contributed by atoms with Crippen molar-refractivity contribution in [3.8, 4) is 5.75 Å². The van der Waals surface area contributed by atoms with Crippen LogP contribution in [0, 0.1) is 0 Å². The highest BCUT2D eigenvalue weighted by molar-refractivity contribution is 5.96. The van der Waals surface area contributed by atoms with Crippen LogP contribution in [0.3, 0.4) is 0 Å². The molecule has 1 heterocycles. The van der Waals surface area contributed by atoms with Crippen molar-refractivity contribution in [3.05, 3.63) is 66.5 Å². The molecule has 9 nitrogen and oxygen atoms in total. The lowest BCUT2D eigenvalue weighted by Gasteiger charge is -2.18. The minimum atomic E-state index is -1.12. The molecular weight excluding hydrogens is 350 g/mol. The van der Waals surface area contributed by atoms with E-state index in [0.717, 1.165) is 0 Å². The summed E-state index contributed by atoms with van der Waals surface area (Å²) >= 11 is 0. The van der Waals surface area contributed by atoms with E-state index in [-0.39, 0.29) is 6.54 Å². The van der Waals surface area contributed by atoms with E-state index < -0.39 is 18.0 Å². The smallest absolute Gasteiger partial charge is 0.329 e. The van der Waals surface area contributed by atoms with Gasteiger partial charge in [0.05, 0.1) is 7.11 Å². The van der Waals surface area contributed by atoms with Gasteiger partial charge < -0.3 is 14.8 Å². The Morgan fingerprint density at radius 2 is 1.96 bits per heavy atom. The predicted molar refractivity (Wildman–Crippen MR) is 94.7 cm³/mol. The molecule has 3 aromatic rings. The van der Waals surface area contributed by atoms with E-state index in [4.69, 9.17) is 9.47 Å². The van der Waals surface area contributed by atoms with Gasteiger partial charge in [0, 0.05) is 17.3 Å². The van der Waals surface area contributed by atoms with Crippen LogP contribution in [0.15, 0.2) is 60.9 Å². The molecular formula is C18H17N5O4. The van der Waals surface area contributed by atoms with Gasteiger partial charge in [-0.05, 0) is 22.6 Å². The monoisotopic (exact) mass is 367 g/mol. The number of esters is 1. The topological polar surface area (TPSA) is 108 Å². The highest BCUT2D eigenvalue weighted by Crippen LogP contribution is 2.22. The van der Waals surface area contributed by atoms with Gasteiger partial charge >= 0.3 is 5.97 Å². The number of ether oxygens (including phenoxy) is 2. The number of hydrogen-bond donors (Lipinski definition) is 1. The highest BCUT2D eigenvalue weighted by atomic mass is 16.5. The van der Waals surface area contributed by atoms with Crippen LogP contribution in [-0.2, 0) is 20.9 Å². The Morgan fingerprint density at radius 1 is 1.15 bits per heavy atom. The maximum atomic E-state index is 12.8. The Morgan fingerprint density at radius 3 is 2.67 bits per heavy atom. The van der Waals surface area contributed by atoms with Crippen molar-refractivity contribution < 1.29 is 19.1 Å². The summed E-state index contributed by atoms with van der Waals surface area (Å²) in [6, 6.07) is 15.6. The number of carbonyl (C=O) groups is 2. The first-order chi connectivity index (χ1) is 13.2. The number of amides is 1. The molecule has 0 bridgehead atoms. The third-order valence-electron chi connectivity index (χ3n) is 3.61. The molecule has 1 N–H and O–H groups in total. The van der Waals surface area contributed by atoms with E-state index in [2.05, 4.69) is 20.8 Å². The summed E-state index contributed by atoms with van der Waals surface area (Å²) < 4.78 is 11.8. The number of anilines is 1. The summed E-state index contributed by atoms with van der Waals surface area (Å²) in [5.41, 5.74) is 1.07. The Bertz CT molecular complexity index is 899. The zero-order valence-electron chi connectivity index (χ0n) is 14.5. The number of carbonyl (C=O) groups excluding carboxylic acids is 2. The van der Waals surface area contributed by atoms with Gasteiger partial charge in [-0.2, -0.15) is 0 Å². The van der Waals surface area contributed by atoms with Crippen molar-refractivity contribution in [2.24, 2.45) is 0 Å². The van der Waals surface area contributed by atoms with E-state index in [1.54, 1.807) is 48.5 Å². The number of methoxy groups -OCH3 is 1. The molecule has 3 rings (SSSR count). The quantitative estimate of drug-likeness (QED) is 0.632. The average Bonchev–Trinajstić information content (AvgIpc) is 3.19. The van der Waals surface area contributed by atoms with Crippen LogP contribution in [-0.4, -0.2) is 39.2 Å². The van der Waals surface area contributed by atoms with Gasteiger partial charge in [0.25, 0.3) is 5.91 Å². The van der Waals surface area contributed by atoms with Crippen molar-refractivity contribution >= 4 is 17.6 Å². The minimum Gasteiger partial charge on any atom is -0.497 e. The molecule has 138 valence electrons. The Kier molecular flexibility index (Phi) is 5.73. The van der Waals surface area contributed by atoms with Crippen LogP contribution < -0.4 is 10.1 Å². The first kappa shape index (κ1) is 18.1. The number of benzene rings is 2. The van der Waals surface area contributed by atoms with Gasteiger partial charge in [0.1, 0.15) is 18.6 Å². The summed E-state index contributed by atoms with van der Waals surface area (Å²) in [4.78, 5) is 25.0. The lowest BCUT2D eigenvalue weighted by Crippen LogP contribution is -2.27. The number of tetrazole rings is 1. The number of hydrogen-bond acceptors (Lipinski definition) is 7. The second kappa shape index (κ2) is 8.56. The maximum absolute atomic E-state index is 12.8. The van der Waals surface area contributed by atoms with Crippen molar-refractivity contribution in [1.29, 1.82) is 0 Å². The van der Waals surface area contributed by atoms with Gasteiger partial charge in [-0.15, -0.1) is 5.10 Å². The third kappa shape index (κ3) is 4.88. The lowest BCUT2D eigenvalue weighted by atomic mass is 10.1. The summed E-state index contributed by atoms with van der Waals surface area (Å²) in [5.74, 6) is -0.531. The lowest BCUT2D eigenvalue weighted by molar-refractivity contribution is -0.155. The summed E-state index contributed by atoms with van der Waals surface area (Å²) in [5, 5.41) is 13.3. The molecule has 0 unspecified atom stereocenters.